The van der Waals surface area contributed by atoms with Crippen LogP contribution in [0.1, 0.15) is 104 Å². The number of aliphatic hydroxyl groups is 2. The van der Waals surface area contributed by atoms with Gasteiger partial charge in [0.1, 0.15) is 90.6 Å². The third-order valence-electron chi connectivity index (χ3n) is 18.5. The van der Waals surface area contributed by atoms with Gasteiger partial charge in [0.2, 0.25) is 100 Å². The number of hydrogen-bond donors (Lipinski definition) is 21. The number of carbonyl (C=O) groups excluding carboxylic acids is 17. The number of primary amides is 2. The van der Waals surface area contributed by atoms with Crippen LogP contribution >= 0.6 is 43.2 Å². The number of aliphatic carboxylic acids is 1. The van der Waals surface area contributed by atoms with E-state index in [1.54, 1.807) is 27.7 Å². The number of amides is 17. The van der Waals surface area contributed by atoms with E-state index in [0.717, 1.165) is 53.0 Å². The molecule has 4 aliphatic heterocycles. The number of carboxylic acids is 1. The predicted octanol–water partition coefficient (Wildman–Crippen LogP) is -8.48. The molecule has 47 heteroatoms. The van der Waals surface area contributed by atoms with Crippen LogP contribution in [0.4, 0.5) is 0 Å². The molecule has 4 saturated heterocycles. The summed E-state index contributed by atoms with van der Waals surface area (Å²) in [4.78, 5) is 271. The van der Waals surface area contributed by atoms with Gasteiger partial charge in [-0.05, 0) is 56.3 Å². The fourth-order valence-corrected chi connectivity index (χ4v) is 17.1. The average molecular weight is 1680 g/mol. The number of nitrogens with two attached hydrogens (primary N) is 3. The van der Waals surface area contributed by atoms with Crippen LogP contribution in [0.3, 0.4) is 0 Å². The summed E-state index contributed by atoms with van der Waals surface area (Å²) >= 11 is 0. The first-order valence-corrected chi connectivity index (χ1v) is 41.7. The predicted molar refractivity (Wildman–Crippen MR) is 411 cm³/mol. The van der Waals surface area contributed by atoms with Gasteiger partial charge in [0.05, 0.1) is 38.8 Å². The van der Waals surface area contributed by atoms with E-state index in [-0.39, 0.29) is 69.6 Å². The van der Waals surface area contributed by atoms with E-state index >= 15 is 0 Å². The highest BCUT2D eigenvalue weighted by molar-refractivity contribution is 8.77. The van der Waals surface area contributed by atoms with Crippen molar-refractivity contribution in [1.29, 1.82) is 0 Å². The molecule has 0 unspecified atom stereocenters. The lowest BCUT2D eigenvalue weighted by Crippen LogP contribution is -2.62. The van der Waals surface area contributed by atoms with Gasteiger partial charge in [0, 0.05) is 79.1 Å². The molecule has 4 aliphatic rings. The maximum Gasteiger partial charge on any atom is 0.303 e. The van der Waals surface area contributed by atoms with Gasteiger partial charge in [-0.2, -0.15) is 0 Å². The Bertz CT molecular complexity index is 3770. The second-order valence-electron chi connectivity index (χ2n) is 28.5. The van der Waals surface area contributed by atoms with Crippen molar-refractivity contribution in [2.45, 2.75) is 196 Å². The zero-order chi connectivity index (χ0) is 84.2. The summed E-state index contributed by atoms with van der Waals surface area (Å²) in [7, 11) is 3.19. The van der Waals surface area contributed by atoms with Gasteiger partial charge in [0.25, 0.3) is 0 Å². The number of aromatic nitrogens is 4. The minimum absolute atomic E-state index is 0.0415. The van der Waals surface area contributed by atoms with Crippen LogP contribution in [0.5, 0.6) is 0 Å². The van der Waals surface area contributed by atoms with E-state index in [4.69, 9.17) is 17.2 Å². The highest BCUT2D eigenvalue weighted by Gasteiger charge is 2.45. The SMILES string of the molecule is CC(C)C[C@@H]1NC(=O)[C@H](CCC(=O)O)NC(=O)[C@@H]2CCCN2C(=O)[C@H](Cc2cnc[nH]2)NC(=O)[C@H](CC(N)=O)NC(=O)[C@H](C(C)C)NC(=O)[C@H](CO)NC(=O)[C@@H]2CSSC[C@H](NC(=O)CN)C(=O)N[C@@H](CSSC[C@@H](C(N)=O)NC1=O)C(=O)N[C@@H](CO)C(=O)N[C@@H](Cc1cnc[nH]1)C(=O)N1CCC[C@H]1C(=O)N[C@@H](C(C)C)C(=O)N2. The summed E-state index contributed by atoms with van der Waals surface area (Å²) in [6, 6.07) is -24.8. The molecular formula is C67H102N22O21S4. The van der Waals surface area contributed by atoms with Crippen molar-refractivity contribution < 1.29 is 102 Å². The first kappa shape index (κ1) is 93.0. The Balaban J connectivity index is 1.47. The molecule has 2 bridgehead atoms. The summed E-state index contributed by atoms with van der Waals surface area (Å²) in [6.07, 6.45) is 2.59. The van der Waals surface area contributed by atoms with E-state index in [0.29, 0.717) is 5.69 Å². The van der Waals surface area contributed by atoms with E-state index in [1.165, 1.54) is 38.9 Å². The van der Waals surface area contributed by atoms with Crippen LogP contribution in [0, 0.1) is 17.8 Å². The summed E-state index contributed by atoms with van der Waals surface area (Å²) in [5.41, 5.74) is 17.7. The molecular weight excluding hydrogens is 1580 g/mol. The van der Waals surface area contributed by atoms with Crippen molar-refractivity contribution in [2.24, 2.45) is 35.0 Å². The number of aromatic amines is 2. The van der Waals surface area contributed by atoms with Crippen LogP contribution in [-0.2, 0) is 99.1 Å². The first-order valence-electron chi connectivity index (χ1n) is 36.7. The topological polar surface area (TPSA) is 666 Å². The number of fused-ring (bicyclic) bond motifs is 10. The second-order valence-corrected chi connectivity index (χ2v) is 33.6. The maximum atomic E-state index is 14.9. The first-order chi connectivity index (χ1) is 54.0. The average Bonchev–Trinajstić information content (AvgIpc) is 1.61. The molecule has 114 heavy (non-hydrogen) atoms. The van der Waals surface area contributed by atoms with Gasteiger partial charge in [-0.1, -0.05) is 84.7 Å². The van der Waals surface area contributed by atoms with E-state index in [1.807, 2.05) is 0 Å². The van der Waals surface area contributed by atoms with Crippen LogP contribution in [0.25, 0.3) is 0 Å². The number of nitrogens with zero attached hydrogens (tertiary/aromatic N) is 4. The Morgan fingerprint density at radius 2 is 0.912 bits per heavy atom. The lowest BCUT2D eigenvalue weighted by atomic mass is 10.0. The third-order valence-corrected chi connectivity index (χ3v) is 23.4. The maximum absolute atomic E-state index is 14.9. The summed E-state index contributed by atoms with van der Waals surface area (Å²) in [6.45, 7) is 6.19. The molecule has 0 spiro atoms. The third kappa shape index (κ3) is 28.0. The van der Waals surface area contributed by atoms with Gasteiger partial charge < -0.3 is 121 Å². The number of carboxylic acid groups (broad SMARTS) is 1. The Morgan fingerprint density at radius 3 is 1.37 bits per heavy atom. The lowest BCUT2D eigenvalue weighted by molar-refractivity contribution is -0.143. The molecule has 0 radical (unpaired) electrons. The van der Waals surface area contributed by atoms with Crippen molar-refractivity contribution in [3.8, 4) is 0 Å². The Labute approximate surface area is 670 Å². The van der Waals surface area contributed by atoms with Gasteiger partial charge >= 0.3 is 5.97 Å². The minimum atomic E-state index is -1.96. The molecule has 630 valence electrons. The van der Waals surface area contributed by atoms with Gasteiger partial charge in [-0.25, -0.2) is 9.97 Å². The van der Waals surface area contributed by atoms with Crippen molar-refractivity contribution in [3.05, 3.63) is 36.4 Å². The zero-order valence-corrected chi connectivity index (χ0v) is 66.7. The number of hydrogen-bond acceptors (Lipinski definition) is 27. The molecule has 2 aromatic rings. The second kappa shape index (κ2) is 45.3. The number of carbonyl (C=O) groups is 18. The standard InChI is InChI=1S/C67H102N22O21S4/c1-30(2)15-36-55(98)83-42(53(70)96)24-111-113-26-44-60(103)81-40(22-90)57(100)80-39(17-34-21-72-29-74-34)67(110)89-14-8-10-47(89)63(106)87-52(32(5)6)65(108)85-45(27-114-112-25-43(59(102)84-44)75-49(93)19-68)61(104)82-41(23-91)58(101)86-51(31(3)4)64(107)78-37(18-48(69)92)56(99)79-38(16-33-20-71-28-73-33)66(109)88-13-7-9-46(88)62(105)76-35(54(97)77-36)11-12-50(94)95/h20-21,28-32,35-47,51-52,90-91H,7-19,22-27,68H2,1-6H3,(H2,69,92)(H2,70,96)(H,71,73)(H,72,74)(H,75,93)(H,76,105)(H,77,97)(H,78,107)(H,79,99)(H,80,100)(H,81,103)(H,82,104)(H,83,98)(H,84,102)(H,85,108)(H,86,101)(H,87,106)(H,94,95)/t35-,36-,37-,38-,39-,40-,41-,42-,43-,44-,45-,46-,47-,51-,52-/m0/s1. The van der Waals surface area contributed by atoms with Gasteiger partial charge in [0.15, 0.2) is 0 Å². The Kier molecular flexibility index (Phi) is 37.0. The highest BCUT2D eigenvalue weighted by Crippen LogP contribution is 2.28. The van der Waals surface area contributed by atoms with Crippen molar-refractivity contribution in [3.63, 3.8) is 0 Å². The van der Waals surface area contributed by atoms with Crippen LogP contribution in [-0.4, -0.2) is 298 Å². The van der Waals surface area contributed by atoms with Gasteiger partial charge in [-0.15, -0.1) is 0 Å². The largest absolute Gasteiger partial charge is 0.481 e. The zero-order valence-electron chi connectivity index (χ0n) is 63.5. The smallest absolute Gasteiger partial charge is 0.303 e. The van der Waals surface area contributed by atoms with Crippen molar-refractivity contribution >= 4 is 150 Å². The monoisotopic (exact) mass is 1680 g/mol. The van der Waals surface area contributed by atoms with Crippen LogP contribution in [0.2, 0.25) is 0 Å². The van der Waals surface area contributed by atoms with Crippen LogP contribution < -0.4 is 86.3 Å². The van der Waals surface area contributed by atoms with E-state index < -0.39 is 271 Å². The number of rotatable bonds is 18. The Morgan fingerprint density at radius 1 is 0.500 bits per heavy atom. The van der Waals surface area contributed by atoms with E-state index in [9.17, 15) is 102 Å². The number of aliphatic hydroxyl groups excluding tert-OH is 2. The molecule has 0 saturated carbocycles. The fraction of sp³-hybridized carbons (Fsp3) is 0.642. The molecule has 6 heterocycles. The normalized spacial score (nSPS) is 27.7. The molecule has 24 N–H and O–H groups in total. The number of imidazole rings is 2. The Hall–Kier alpha value is -9.84. The summed E-state index contributed by atoms with van der Waals surface area (Å²) in [5.74, 6) is -23.2. The van der Waals surface area contributed by atoms with Crippen molar-refractivity contribution in [1.82, 2.24) is 98.9 Å². The van der Waals surface area contributed by atoms with Gasteiger partial charge in [-0.3, -0.25) is 86.3 Å². The highest BCUT2D eigenvalue weighted by atomic mass is 33.1. The van der Waals surface area contributed by atoms with Crippen molar-refractivity contribution in [2.75, 3.05) is 55.9 Å². The fourth-order valence-electron chi connectivity index (χ4n) is 12.4. The van der Waals surface area contributed by atoms with E-state index in [2.05, 4.69) is 89.1 Å². The quantitative estimate of drug-likeness (QED) is 0.0616. The molecule has 0 aromatic carbocycles. The summed E-state index contributed by atoms with van der Waals surface area (Å²) < 4.78 is 0. The number of nitrogens with one attached hydrogen (secondary N) is 15. The molecule has 4 fully saturated rings. The van der Waals surface area contributed by atoms with Crippen LogP contribution in [0.15, 0.2) is 25.0 Å². The molecule has 2 aromatic heterocycles. The molecule has 15 atom stereocenters. The summed E-state index contributed by atoms with van der Waals surface area (Å²) in [5, 5.41) is 63.8. The minimum Gasteiger partial charge on any atom is -0.481 e. The number of H-pyrrole nitrogens is 2. The molecule has 43 nitrogen and oxygen atoms in total. The molecule has 6 rings (SSSR count). The molecule has 0 aliphatic carbocycles. The lowest BCUT2D eigenvalue weighted by Gasteiger charge is -2.31. The molecule has 17 amide bonds.